The molecule has 1 aromatic carbocycles. The van der Waals surface area contributed by atoms with Crippen LogP contribution in [0.15, 0.2) is 18.2 Å². The number of carboxylic acid groups (broad SMARTS) is 1. The fraction of sp³-hybridized carbons (Fsp3) is 0.429. The molecule has 1 aliphatic rings. The lowest BCUT2D eigenvalue weighted by molar-refractivity contribution is -0.143. The summed E-state index contributed by atoms with van der Waals surface area (Å²) in [6.07, 6.45) is 1.21. The van der Waals surface area contributed by atoms with Crippen molar-refractivity contribution in [1.29, 1.82) is 0 Å². The topological polar surface area (TPSA) is 84.9 Å². The Morgan fingerprint density at radius 2 is 1.90 bits per heavy atom. The van der Waals surface area contributed by atoms with Gasteiger partial charge in [-0.2, -0.15) is 0 Å². The summed E-state index contributed by atoms with van der Waals surface area (Å²) in [5, 5.41) is 11.7. The Labute approximate surface area is 116 Å². The maximum Gasteiger partial charge on any atom is 0.311 e. The van der Waals surface area contributed by atoms with E-state index in [-0.39, 0.29) is 12.5 Å². The Kier molecular flexibility index (Phi) is 3.83. The van der Waals surface area contributed by atoms with Gasteiger partial charge in [0.1, 0.15) is 0 Å². The molecule has 6 nitrogen and oxygen atoms in total. The van der Waals surface area contributed by atoms with Crippen molar-refractivity contribution in [1.82, 2.24) is 5.32 Å². The van der Waals surface area contributed by atoms with Crippen LogP contribution in [0.1, 0.15) is 23.2 Å². The Morgan fingerprint density at radius 1 is 1.25 bits per heavy atom. The number of ether oxygens (including phenoxy) is 2. The highest BCUT2D eigenvalue weighted by Crippen LogP contribution is 2.45. The number of carboxylic acids is 1. The second kappa shape index (κ2) is 5.40. The normalized spacial score (nSPS) is 15.3. The van der Waals surface area contributed by atoms with Crippen molar-refractivity contribution in [2.45, 2.75) is 12.8 Å². The van der Waals surface area contributed by atoms with Crippen molar-refractivity contribution >= 4 is 11.9 Å². The molecular formula is C14H17NO5. The van der Waals surface area contributed by atoms with Crippen LogP contribution >= 0.6 is 0 Å². The molecule has 6 heteroatoms. The third-order valence-corrected chi connectivity index (χ3v) is 3.54. The molecule has 0 aliphatic heterocycles. The van der Waals surface area contributed by atoms with Crippen molar-refractivity contribution < 1.29 is 24.2 Å². The number of carbonyl (C=O) groups is 2. The van der Waals surface area contributed by atoms with Crippen molar-refractivity contribution in [3.8, 4) is 11.5 Å². The maximum absolute atomic E-state index is 12.0. The molecule has 1 aromatic rings. The maximum atomic E-state index is 12.0. The van der Waals surface area contributed by atoms with E-state index in [1.165, 1.54) is 14.2 Å². The van der Waals surface area contributed by atoms with Crippen molar-refractivity contribution in [2.24, 2.45) is 5.41 Å². The van der Waals surface area contributed by atoms with Gasteiger partial charge in [-0.3, -0.25) is 9.59 Å². The predicted octanol–water partition coefficient (Wildman–Crippen LogP) is 1.30. The molecule has 0 aromatic heterocycles. The third-order valence-electron chi connectivity index (χ3n) is 3.54. The van der Waals surface area contributed by atoms with Gasteiger partial charge in [0.25, 0.3) is 5.91 Å². The highest BCUT2D eigenvalue weighted by molar-refractivity contribution is 5.95. The van der Waals surface area contributed by atoms with Crippen LogP contribution in [0.2, 0.25) is 0 Å². The molecule has 1 fully saturated rings. The molecule has 1 amide bonds. The second-order valence-electron chi connectivity index (χ2n) is 4.84. The van der Waals surface area contributed by atoms with E-state index >= 15 is 0 Å². The lowest BCUT2D eigenvalue weighted by Gasteiger charge is -2.12. The van der Waals surface area contributed by atoms with E-state index in [9.17, 15) is 9.59 Å². The van der Waals surface area contributed by atoms with Gasteiger partial charge >= 0.3 is 5.97 Å². The van der Waals surface area contributed by atoms with Crippen LogP contribution < -0.4 is 14.8 Å². The fourth-order valence-electron chi connectivity index (χ4n) is 1.95. The van der Waals surface area contributed by atoms with Crippen molar-refractivity contribution in [2.75, 3.05) is 20.8 Å². The number of hydrogen-bond acceptors (Lipinski definition) is 4. The fourth-order valence-corrected chi connectivity index (χ4v) is 1.95. The summed E-state index contributed by atoms with van der Waals surface area (Å²) in [4.78, 5) is 23.0. The number of amides is 1. The van der Waals surface area contributed by atoms with Gasteiger partial charge in [0, 0.05) is 12.1 Å². The average molecular weight is 279 g/mol. The molecule has 0 radical (unpaired) electrons. The first-order chi connectivity index (χ1) is 9.52. The van der Waals surface area contributed by atoms with Gasteiger partial charge in [0.15, 0.2) is 11.5 Å². The average Bonchev–Trinajstić information content (AvgIpc) is 3.25. The monoisotopic (exact) mass is 279 g/mol. The molecule has 0 atom stereocenters. The summed E-state index contributed by atoms with van der Waals surface area (Å²) >= 11 is 0. The number of aliphatic carboxylic acids is 1. The molecule has 2 rings (SSSR count). The molecular weight excluding hydrogens is 262 g/mol. The van der Waals surface area contributed by atoms with E-state index in [1.807, 2.05) is 0 Å². The minimum Gasteiger partial charge on any atom is -0.493 e. The zero-order chi connectivity index (χ0) is 14.8. The van der Waals surface area contributed by atoms with Gasteiger partial charge in [-0.05, 0) is 31.0 Å². The molecule has 108 valence electrons. The van der Waals surface area contributed by atoms with Crippen LogP contribution in [0.4, 0.5) is 0 Å². The Morgan fingerprint density at radius 3 is 2.40 bits per heavy atom. The number of nitrogens with one attached hydrogen (secondary N) is 1. The molecule has 1 aliphatic carbocycles. The zero-order valence-corrected chi connectivity index (χ0v) is 11.4. The van der Waals surface area contributed by atoms with Crippen molar-refractivity contribution in [3.05, 3.63) is 23.8 Å². The van der Waals surface area contributed by atoms with Gasteiger partial charge in [-0.1, -0.05) is 0 Å². The van der Waals surface area contributed by atoms with Gasteiger partial charge in [0.05, 0.1) is 19.6 Å². The summed E-state index contributed by atoms with van der Waals surface area (Å²) in [6.45, 7) is 0.148. The van der Waals surface area contributed by atoms with E-state index < -0.39 is 11.4 Å². The number of methoxy groups -OCH3 is 2. The minimum absolute atomic E-state index is 0.148. The van der Waals surface area contributed by atoms with E-state index in [0.29, 0.717) is 29.9 Å². The quantitative estimate of drug-likeness (QED) is 0.820. The molecule has 0 saturated heterocycles. The van der Waals surface area contributed by atoms with E-state index in [1.54, 1.807) is 18.2 Å². The molecule has 1 saturated carbocycles. The Hall–Kier alpha value is -2.24. The number of hydrogen-bond donors (Lipinski definition) is 2. The van der Waals surface area contributed by atoms with Crippen LogP contribution in [0.25, 0.3) is 0 Å². The van der Waals surface area contributed by atoms with Crippen LogP contribution in [0, 0.1) is 5.41 Å². The SMILES string of the molecule is COc1ccc(C(=O)NCC2(C(=O)O)CC2)cc1OC. The number of carbonyl (C=O) groups excluding carboxylic acids is 1. The molecule has 0 unspecified atom stereocenters. The van der Waals surface area contributed by atoms with E-state index in [4.69, 9.17) is 14.6 Å². The molecule has 0 spiro atoms. The lowest BCUT2D eigenvalue weighted by atomic mass is 10.1. The van der Waals surface area contributed by atoms with Crippen molar-refractivity contribution in [3.63, 3.8) is 0 Å². The highest BCUT2D eigenvalue weighted by Gasteiger charge is 2.50. The molecule has 20 heavy (non-hydrogen) atoms. The summed E-state index contributed by atoms with van der Waals surface area (Å²) in [6, 6.07) is 4.81. The zero-order valence-electron chi connectivity index (χ0n) is 11.4. The van der Waals surface area contributed by atoms with E-state index in [2.05, 4.69) is 5.32 Å². The van der Waals surface area contributed by atoms with Crippen LogP contribution in [0.5, 0.6) is 11.5 Å². The second-order valence-corrected chi connectivity index (χ2v) is 4.84. The summed E-state index contributed by atoms with van der Waals surface area (Å²) in [5.74, 6) is -0.184. The number of rotatable bonds is 6. The summed E-state index contributed by atoms with van der Waals surface area (Å²) < 4.78 is 10.2. The number of benzene rings is 1. The Balaban J connectivity index is 2.04. The lowest BCUT2D eigenvalue weighted by Crippen LogP contribution is -2.34. The molecule has 2 N–H and O–H groups in total. The van der Waals surface area contributed by atoms with Gasteiger partial charge in [-0.25, -0.2) is 0 Å². The first-order valence-electron chi connectivity index (χ1n) is 6.26. The largest absolute Gasteiger partial charge is 0.493 e. The minimum atomic E-state index is -0.856. The Bertz CT molecular complexity index is 536. The van der Waals surface area contributed by atoms with Crippen LogP contribution in [0.3, 0.4) is 0 Å². The standard InChI is InChI=1S/C14H17NO5/c1-19-10-4-3-9(7-11(10)20-2)12(16)15-8-14(5-6-14)13(17)18/h3-4,7H,5-6,8H2,1-2H3,(H,15,16)(H,17,18). The van der Waals surface area contributed by atoms with Gasteiger partial charge in [0.2, 0.25) is 0 Å². The van der Waals surface area contributed by atoms with Gasteiger partial charge < -0.3 is 19.9 Å². The van der Waals surface area contributed by atoms with Crippen LogP contribution in [-0.4, -0.2) is 37.7 Å². The van der Waals surface area contributed by atoms with Crippen LogP contribution in [-0.2, 0) is 4.79 Å². The highest BCUT2D eigenvalue weighted by atomic mass is 16.5. The predicted molar refractivity (Wildman–Crippen MR) is 71.2 cm³/mol. The molecule has 0 heterocycles. The first kappa shape index (κ1) is 14.2. The van der Waals surface area contributed by atoms with Gasteiger partial charge in [-0.15, -0.1) is 0 Å². The summed E-state index contributed by atoms with van der Waals surface area (Å²) in [7, 11) is 3.00. The first-order valence-corrected chi connectivity index (χ1v) is 6.26. The molecule has 0 bridgehead atoms. The summed E-state index contributed by atoms with van der Waals surface area (Å²) in [5.41, 5.74) is -0.365. The smallest absolute Gasteiger partial charge is 0.311 e. The van der Waals surface area contributed by atoms with E-state index in [0.717, 1.165) is 0 Å². The third kappa shape index (κ3) is 2.68.